The Hall–Kier alpha value is -2.87. The number of amides is 1. The van der Waals surface area contributed by atoms with Crippen LogP contribution in [0.3, 0.4) is 0 Å². The second-order valence-corrected chi connectivity index (χ2v) is 9.77. The van der Waals surface area contributed by atoms with E-state index in [0.717, 1.165) is 17.9 Å². The van der Waals surface area contributed by atoms with Gasteiger partial charge in [-0.15, -0.1) is 0 Å². The van der Waals surface area contributed by atoms with Crippen LogP contribution in [0.15, 0.2) is 47.6 Å². The molecule has 2 aromatic carbocycles. The minimum atomic E-state index is -4.43. The Kier molecular flexibility index (Phi) is 6.74. The monoisotopic (exact) mass is 515 g/mol. The molecule has 0 aliphatic carbocycles. The summed E-state index contributed by atoms with van der Waals surface area (Å²) < 4.78 is 65.0. The first kappa shape index (κ1) is 23.3. The SMILES string of the molecule is O=C1CNCC(COc2cc(F)c(S(=O)(=O)Nc3ncns3)cc2F)N1c1ccc(Cl)cc1. The van der Waals surface area contributed by atoms with Gasteiger partial charge in [0, 0.05) is 40.9 Å². The number of halogens is 3. The molecule has 1 amide bonds. The average molecular weight is 516 g/mol. The van der Waals surface area contributed by atoms with Gasteiger partial charge in [-0.2, -0.15) is 4.37 Å². The van der Waals surface area contributed by atoms with E-state index in [1.807, 2.05) is 4.72 Å². The topological polar surface area (TPSA) is 114 Å². The van der Waals surface area contributed by atoms with E-state index in [0.29, 0.717) is 29.4 Å². The summed E-state index contributed by atoms with van der Waals surface area (Å²) >= 11 is 6.65. The highest BCUT2D eigenvalue weighted by atomic mass is 35.5. The van der Waals surface area contributed by atoms with Crippen molar-refractivity contribution in [3.05, 3.63) is 59.4 Å². The van der Waals surface area contributed by atoms with Crippen LogP contribution < -0.4 is 19.7 Å². The van der Waals surface area contributed by atoms with Crippen LogP contribution in [-0.2, 0) is 14.8 Å². The van der Waals surface area contributed by atoms with Crippen molar-refractivity contribution in [2.24, 2.45) is 0 Å². The summed E-state index contributed by atoms with van der Waals surface area (Å²) in [5.41, 5.74) is 0.579. The van der Waals surface area contributed by atoms with Crippen LogP contribution in [0.2, 0.25) is 5.02 Å². The van der Waals surface area contributed by atoms with Crippen molar-refractivity contribution in [1.82, 2.24) is 14.7 Å². The third-order valence-electron chi connectivity index (χ3n) is 4.68. The van der Waals surface area contributed by atoms with Crippen LogP contribution >= 0.6 is 23.1 Å². The number of anilines is 2. The molecular formula is C19H16ClF2N5O4S2. The van der Waals surface area contributed by atoms with E-state index in [1.54, 1.807) is 24.3 Å². The number of carbonyl (C=O) groups is 1. The Morgan fingerprint density at radius 1 is 1.24 bits per heavy atom. The number of nitrogens with zero attached hydrogens (tertiary/aromatic N) is 3. The molecule has 2 N–H and O–H groups in total. The first-order valence-corrected chi connectivity index (χ1v) is 12.1. The molecule has 0 saturated carbocycles. The van der Waals surface area contributed by atoms with Gasteiger partial charge < -0.3 is 15.0 Å². The minimum Gasteiger partial charge on any atom is -0.488 e. The van der Waals surface area contributed by atoms with Crippen molar-refractivity contribution in [2.75, 3.05) is 29.3 Å². The van der Waals surface area contributed by atoms with Gasteiger partial charge >= 0.3 is 0 Å². The summed E-state index contributed by atoms with van der Waals surface area (Å²) in [4.78, 5) is 16.7. The molecule has 174 valence electrons. The molecule has 2 heterocycles. The number of piperazine rings is 1. The highest BCUT2D eigenvalue weighted by Gasteiger charge is 2.30. The highest BCUT2D eigenvalue weighted by molar-refractivity contribution is 7.93. The Labute approximate surface area is 196 Å². The Morgan fingerprint density at radius 2 is 2.00 bits per heavy atom. The van der Waals surface area contributed by atoms with Gasteiger partial charge in [0.15, 0.2) is 11.6 Å². The molecule has 1 unspecified atom stereocenters. The fourth-order valence-electron chi connectivity index (χ4n) is 3.22. The first-order valence-electron chi connectivity index (χ1n) is 9.44. The number of nitrogens with one attached hydrogen (secondary N) is 2. The predicted molar refractivity (Wildman–Crippen MR) is 118 cm³/mol. The number of ether oxygens (including phenoxy) is 1. The van der Waals surface area contributed by atoms with Gasteiger partial charge in [0.2, 0.25) is 11.0 Å². The maximum atomic E-state index is 14.6. The molecule has 33 heavy (non-hydrogen) atoms. The molecular weight excluding hydrogens is 500 g/mol. The van der Waals surface area contributed by atoms with Crippen molar-refractivity contribution in [1.29, 1.82) is 0 Å². The fraction of sp³-hybridized carbons (Fsp3) is 0.211. The predicted octanol–water partition coefficient (Wildman–Crippen LogP) is 2.65. The molecule has 0 spiro atoms. The van der Waals surface area contributed by atoms with E-state index >= 15 is 0 Å². The number of carbonyl (C=O) groups excluding carboxylic acids is 1. The summed E-state index contributed by atoms with van der Waals surface area (Å²) in [5.74, 6) is -3.01. The summed E-state index contributed by atoms with van der Waals surface area (Å²) in [6, 6.07) is 7.25. The number of benzene rings is 2. The normalized spacial score (nSPS) is 16.6. The van der Waals surface area contributed by atoms with Gasteiger partial charge in [0.05, 0.1) is 12.6 Å². The summed E-state index contributed by atoms with van der Waals surface area (Å²) in [6.45, 7) is 0.278. The second-order valence-electron chi connectivity index (χ2n) is 6.90. The van der Waals surface area contributed by atoms with Crippen molar-refractivity contribution < 1.29 is 26.7 Å². The molecule has 1 fully saturated rings. The third kappa shape index (κ3) is 5.21. The molecule has 1 aliphatic heterocycles. The highest BCUT2D eigenvalue weighted by Crippen LogP contribution is 2.28. The Bertz CT molecular complexity index is 1260. The lowest BCUT2D eigenvalue weighted by atomic mass is 10.1. The van der Waals surface area contributed by atoms with E-state index < -0.39 is 38.3 Å². The molecule has 1 aromatic heterocycles. The number of hydrogen-bond donors (Lipinski definition) is 2. The smallest absolute Gasteiger partial charge is 0.266 e. The first-order chi connectivity index (χ1) is 15.7. The lowest BCUT2D eigenvalue weighted by Crippen LogP contribution is -2.57. The van der Waals surface area contributed by atoms with Crippen LogP contribution in [0.4, 0.5) is 19.6 Å². The van der Waals surface area contributed by atoms with Crippen molar-refractivity contribution in [3.8, 4) is 5.75 Å². The molecule has 0 radical (unpaired) electrons. The second kappa shape index (κ2) is 9.55. The molecule has 1 saturated heterocycles. The Balaban J connectivity index is 1.52. The maximum absolute atomic E-state index is 14.6. The van der Waals surface area contributed by atoms with Gasteiger partial charge in [-0.1, -0.05) is 11.6 Å². The van der Waals surface area contributed by atoms with E-state index in [9.17, 15) is 22.0 Å². The molecule has 9 nitrogen and oxygen atoms in total. The van der Waals surface area contributed by atoms with E-state index in [1.165, 1.54) is 4.90 Å². The van der Waals surface area contributed by atoms with Gasteiger partial charge in [-0.3, -0.25) is 9.52 Å². The largest absolute Gasteiger partial charge is 0.488 e. The van der Waals surface area contributed by atoms with Crippen LogP contribution in [0.1, 0.15) is 0 Å². The quantitative estimate of drug-likeness (QED) is 0.497. The molecule has 4 rings (SSSR count). The zero-order valence-corrected chi connectivity index (χ0v) is 19.1. The lowest BCUT2D eigenvalue weighted by molar-refractivity contribution is -0.119. The van der Waals surface area contributed by atoms with Crippen molar-refractivity contribution >= 4 is 49.9 Å². The Morgan fingerprint density at radius 3 is 2.70 bits per heavy atom. The summed E-state index contributed by atoms with van der Waals surface area (Å²) in [6.07, 6.45) is 1.12. The van der Waals surface area contributed by atoms with E-state index in [-0.39, 0.29) is 24.2 Å². The summed E-state index contributed by atoms with van der Waals surface area (Å²) in [5, 5.41) is 3.36. The average Bonchev–Trinajstić information content (AvgIpc) is 3.27. The van der Waals surface area contributed by atoms with Crippen molar-refractivity contribution in [2.45, 2.75) is 10.9 Å². The van der Waals surface area contributed by atoms with Crippen LogP contribution in [0, 0.1) is 11.6 Å². The standard InChI is InChI=1S/C19H16ClF2N5O4S2/c20-11-1-3-12(4-2-11)27-13(7-23-8-18(27)28)9-31-16-5-15(22)17(6-14(16)21)33(29,30)26-19-24-10-25-32-19/h1-6,10,13,23H,7-9H2,(H,24,25,26). The maximum Gasteiger partial charge on any atom is 0.266 e. The van der Waals surface area contributed by atoms with E-state index in [2.05, 4.69) is 14.7 Å². The summed E-state index contributed by atoms with van der Waals surface area (Å²) in [7, 11) is -4.43. The molecule has 1 atom stereocenters. The third-order valence-corrected chi connectivity index (χ3v) is 7.00. The fourth-order valence-corrected chi connectivity index (χ4v) is 5.08. The van der Waals surface area contributed by atoms with Crippen molar-refractivity contribution in [3.63, 3.8) is 0 Å². The van der Waals surface area contributed by atoms with Gasteiger partial charge in [0.25, 0.3) is 10.0 Å². The molecule has 3 aromatic rings. The molecule has 1 aliphatic rings. The number of sulfonamides is 1. The zero-order valence-electron chi connectivity index (χ0n) is 16.7. The van der Waals surface area contributed by atoms with Crippen LogP contribution in [0.25, 0.3) is 0 Å². The number of rotatable bonds is 7. The molecule has 0 bridgehead atoms. The zero-order chi connectivity index (χ0) is 23.6. The number of hydrogen-bond acceptors (Lipinski definition) is 8. The van der Waals surface area contributed by atoms with Crippen LogP contribution in [-0.4, -0.2) is 49.4 Å². The number of aromatic nitrogens is 2. The van der Waals surface area contributed by atoms with Gasteiger partial charge in [0.1, 0.15) is 23.6 Å². The lowest BCUT2D eigenvalue weighted by Gasteiger charge is -2.36. The van der Waals surface area contributed by atoms with E-state index in [4.69, 9.17) is 16.3 Å². The van der Waals surface area contributed by atoms with Gasteiger partial charge in [-0.25, -0.2) is 22.2 Å². The minimum absolute atomic E-state index is 0.0908. The van der Waals surface area contributed by atoms with Crippen LogP contribution in [0.5, 0.6) is 5.75 Å². The molecule has 14 heteroatoms. The van der Waals surface area contributed by atoms with Gasteiger partial charge in [-0.05, 0) is 24.3 Å².